The molecule has 2 aromatic rings. The van der Waals surface area contributed by atoms with Gasteiger partial charge in [0.05, 0.1) is 13.2 Å². The van der Waals surface area contributed by atoms with E-state index < -0.39 is 0 Å². The summed E-state index contributed by atoms with van der Waals surface area (Å²) in [6.07, 6.45) is 5.79. The molecule has 1 aliphatic rings. The molecule has 20 heavy (non-hydrogen) atoms. The Labute approximate surface area is 120 Å². The molecule has 1 aliphatic carbocycles. The second-order valence-electron chi connectivity index (χ2n) is 5.87. The van der Waals surface area contributed by atoms with Crippen molar-refractivity contribution in [2.75, 3.05) is 7.11 Å². The fourth-order valence-corrected chi connectivity index (χ4v) is 3.27. The Morgan fingerprint density at radius 1 is 1.10 bits per heavy atom. The molecular weight excluding hydrogens is 248 g/mol. The van der Waals surface area contributed by atoms with E-state index in [0.29, 0.717) is 5.92 Å². The Hall–Kier alpha value is -1.54. The van der Waals surface area contributed by atoms with Gasteiger partial charge in [-0.2, -0.15) is 0 Å². The van der Waals surface area contributed by atoms with Gasteiger partial charge in [0.1, 0.15) is 5.75 Å². The Morgan fingerprint density at radius 2 is 1.80 bits per heavy atom. The van der Waals surface area contributed by atoms with Gasteiger partial charge in [0.25, 0.3) is 0 Å². The van der Waals surface area contributed by atoms with E-state index in [1.807, 2.05) is 18.2 Å². The molecule has 2 nitrogen and oxygen atoms in total. The van der Waals surface area contributed by atoms with Crippen LogP contribution in [0.3, 0.4) is 0 Å². The molecule has 0 aromatic heterocycles. The Kier molecular flexibility index (Phi) is 3.93. The van der Waals surface area contributed by atoms with Crippen molar-refractivity contribution in [2.24, 2.45) is 5.92 Å². The van der Waals surface area contributed by atoms with Crippen LogP contribution < -0.4 is 4.74 Å². The quantitative estimate of drug-likeness (QED) is 0.888. The monoisotopic (exact) mass is 270 g/mol. The summed E-state index contributed by atoms with van der Waals surface area (Å²) in [6, 6.07) is 12.3. The normalized spacial score (nSPS) is 17.5. The molecule has 0 spiro atoms. The van der Waals surface area contributed by atoms with Crippen molar-refractivity contribution in [2.45, 2.75) is 38.2 Å². The van der Waals surface area contributed by atoms with Crippen molar-refractivity contribution in [3.05, 3.63) is 42.0 Å². The number of rotatable bonds is 4. The van der Waals surface area contributed by atoms with Gasteiger partial charge in [-0.15, -0.1) is 0 Å². The van der Waals surface area contributed by atoms with Gasteiger partial charge in [-0.3, -0.25) is 0 Å². The third-order valence-corrected chi connectivity index (χ3v) is 4.49. The number of aliphatic hydroxyl groups excluding tert-OH is 1. The maximum atomic E-state index is 10.4. The lowest BCUT2D eigenvalue weighted by molar-refractivity contribution is 0.145. The van der Waals surface area contributed by atoms with Gasteiger partial charge < -0.3 is 9.84 Å². The van der Waals surface area contributed by atoms with Crippen LogP contribution in [0.1, 0.15) is 43.8 Å². The molecule has 1 fully saturated rings. The van der Waals surface area contributed by atoms with E-state index in [1.54, 1.807) is 7.11 Å². The summed E-state index contributed by atoms with van der Waals surface area (Å²) in [5, 5.41) is 12.7. The van der Waals surface area contributed by atoms with E-state index in [-0.39, 0.29) is 6.10 Å². The van der Waals surface area contributed by atoms with Crippen LogP contribution in [0.25, 0.3) is 10.8 Å². The predicted molar refractivity (Wildman–Crippen MR) is 82.0 cm³/mol. The number of ether oxygens (including phenoxy) is 1. The maximum absolute atomic E-state index is 10.4. The Morgan fingerprint density at radius 3 is 2.55 bits per heavy atom. The highest BCUT2D eigenvalue weighted by atomic mass is 16.5. The fraction of sp³-hybridized carbons (Fsp3) is 0.444. The second kappa shape index (κ2) is 5.84. The number of fused-ring (bicyclic) bond motifs is 1. The lowest BCUT2D eigenvalue weighted by atomic mass is 9.94. The van der Waals surface area contributed by atoms with Crippen LogP contribution >= 0.6 is 0 Å². The summed E-state index contributed by atoms with van der Waals surface area (Å²) in [5.41, 5.74) is 1.04. The lowest BCUT2D eigenvalue weighted by Crippen LogP contribution is -2.04. The predicted octanol–water partition coefficient (Wildman–Crippen LogP) is 4.46. The van der Waals surface area contributed by atoms with E-state index in [9.17, 15) is 5.11 Å². The van der Waals surface area contributed by atoms with Crippen molar-refractivity contribution in [3.63, 3.8) is 0 Å². The Balaban J connectivity index is 1.80. The molecule has 2 aromatic carbocycles. The van der Waals surface area contributed by atoms with Crippen LogP contribution in [0.15, 0.2) is 36.4 Å². The first-order valence-corrected chi connectivity index (χ1v) is 7.52. The molecule has 1 saturated carbocycles. The van der Waals surface area contributed by atoms with Gasteiger partial charge in [-0.1, -0.05) is 43.9 Å². The van der Waals surface area contributed by atoms with Crippen LogP contribution in [0.4, 0.5) is 0 Å². The van der Waals surface area contributed by atoms with Crippen LogP contribution in [0, 0.1) is 5.92 Å². The van der Waals surface area contributed by atoms with Crippen molar-refractivity contribution in [1.29, 1.82) is 0 Å². The minimum Gasteiger partial charge on any atom is -0.497 e. The van der Waals surface area contributed by atoms with Gasteiger partial charge in [0.2, 0.25) is 0 Å². The molecule has 2 heteroatoms. The number of hydrogen-bond donors (Lipinski definition) is 1. The summed E-state index contributed by atoms with van der Waals surface area (Å²) in [5.74, 6) is 1.58. The molecule has 0 heterocycles. The molecule has 106 valence electrons. The minimum absolute atomic E-state index is 0.329. The molecule has 1 unspecified atom stereocenters. The average molecular weight is 270 g/mol. The first-order chi connectivity index (χ1) is 9.76. The first kappa shape index (κ1) is 13.4. The van der Waals surface area contributed by atoms with E-state index in [1.165, 1.54) is 25.7 Å². The number of aliphatic hydroxyl groups is 1. The fourth-order valence-electron chi connectivity index (χ4n) is 3.27. The van der Waals surface area contributed by atoms with Crippen molar-refractivity contribution in [3.8, 4) is 5.75 Å². The zero-order chi connectivity index (χ0) is 13.9. The number of hydrogen-bond acceptors (Lipinski definition) is 2. The highest BCUT2D eigenvalue weighted by Crippen LogP contribution is 2.34. The molecule has 0 bridgehead atoms. The van der Waals surface area contributed by atoms with Crippen LogP contribution in [-0.2, 0) is 0 Å². The summed E-state index contributed by atoms with van der Waals surface area (Å²) >= 11 is 0. The number of methoxy groups -OCH3 is 1. The van der Waals surface area contributed by atoms with Crippen molar-refractivity contribution in [1.82, 2.24) is 0 Å². The SMILES string of the molecule is COc1ccc2cc(C(O)CC3CCCC3)ccc2c1. The van der Waals surface area contributed by atoms with Crippen LogP contribution in [0.2, 0.25) is 0 Å². The van der Waals surface area contributed by atoms with Crippen molar-refractivity contribution >= 4 is 10.8 Å². The van der Waals surface area contributed by atoms with Gasteiger partial charge >= 0.3 is 0 Å². The van der Waals surface area contributed by atoms with Crippen LogP contribution in [0.5, 0.6) is 5.75 Å². The van der Waals surface area contributed by atoms with Gasteiger partial charge in [-0.25, -0.2) is 0 Å². The molecule has 1 atom stereocenters. The third-order valence-electron chi connectivity index (χ3n) is 4.49. The highest BCUT2D eigenvalue weighted by molar-refractivity contribution is 5.84. The molecule has 3 rings (SSSR count). The highest BCUT2D eigenvalue weighted by Gasteiger charge is 2.19. The topological polar surface area (TPSA) is 29.5 Å². The molecule has 0 radical (unpaired) electrons. The maximum Gasteiger partial charge on any atom is 0.119 e. The molecular formula is C18H22O2. The molecule has 0 amide bonds. The summed E-state index contributed by atoms with van der Waals surface area (Å²) in [7, 11) is 1.68. The smallest absolute Gasteiger partial charge is 0.119 e. The van der Waals surface area contributed by atoms with Gasteiger partial charge in [0, 0.05) is 0 Å². The molecule has 1 N–H and O–H groups in total. The molecule has 0 saturated heterocycles. The van der Waals surface area contributed by atoms with E-state index in [4.69, 9.17) is 4.74 Å². The van der Waals surface area contributed by atoms with E-state index >= 15 is 0 Å². The first-order valence-electron chi connectivity index (χ1n) is 7.52. The van der Waals surface area contributed by atoms with Gasteiger partial charge in [-0.05, 0) is 46.9 Å². The van der Waals surface area contributed by atoms with E-state index in [2.05, 4.69) is 18.2 Å². The standard InChI is InChI=1S/C18H22O2/c1-20-17-9-8-14-11-16(7-6-15(14)12-17)18(19)10-13-4-2-3-5-13/h6-9,11-13,18-19H,2-5,10H2,1H3. The minimum atomic E-state index is -0.329. The number of benzene rings is 2. The lowest BCUT2D eigenvalue weighted by Gasteiger charge is -2.16. The molecule has 0 aliphatic heterocycles. The van der Waals surface area contributed by atoms with E-state index in [0.717, 1.165) is 28.5 Å². The van der Waals surface area contributed by atoms with Crippen LogP contribution in [-0.4, -0.2) is 12.2 Å². The third kappa shape index (κ3) is 2.80. The average Bonchev–Trinajstić information content (AvgIpc) is 2.99. The van der Waals surface area contributed by atoms with Gasteiger partial charge in [0.15, 0.2) is 0 Å². The summed E-state index contributed by atoms with van der Waals surface area (Å²) in [6.45, 7) is 0. The second-order valence-corrected chi connectivity index (χ2v) is 5.87. The zero-order valence-corrected chi connectivity index (χ0v) is 12.0. The summed E-state index contributed by atoms with van der Waals surface area (Å²) < 4.78 is 5.24. The largest absolute Gasteiger partial charge is 0.497 e. The zero-order valence-electron chi connectivity index (χ0n) is 12.0. The van der Waals surface area contributed by atoms with Crippen molar-refractivity contribution < 1.29 is 9.84 Å². The Bertz CT molecular complexity index is 585. The summed E-state index contributed by atoms with van der Waals surface area (Å²) in [4.78, 5) is 0.